The largest absolute Gasteiger partial charge is 0.359 e. The summed E-state index contributed by atoms with van der Waals surface area (Å²) in [6.07, 6.45) is 4.00. The summed E-state index contributed by atoms with van der Waals surface area (Å²) < 4.78 is 0. The van der Waals surface area contributed by atoms with E-state index in [2.05, 4.69) is 29.5 Å². The molecule has 1 heterocycles. The predicted molar refractivity (Wildman–Crippen MR) is 66.4 cm³/mol. The number of likely N-dealkylation sites (tertiary alicyclic amines) is 1. The predicted octanol–water partition coefficient (Wildman–Crippen LogP) is 0.585. The fourth-order valence-electron chi connectivity index (χ4n) is 2.15. The van der Waals surface area contributed by atoms with Gasteiger partial charge in [-0.3, -0.25) is 4.79 Å². The first-order valence-corrected chi connectivity index (χ1v) is 6.27. The van der Waals surface area contributed by atoms with E-state index < -0.39 is 0 Å². The highest BCUT2D eigenvalue weighted by Gasteiger charge is 2.21. The minimum Gasteiger partial charge on any atom is -0.359 e. The van der Waals surface area contributed by atoms with Gasteiger partial charge in [-0.15, -0.1) is 0 Å². The zero-order chi connectivity index (χ0) is 12.0. The van der Waals surface area contributed by atoms with Gasteiger partial charge in [0.25, 0.3) is 0 Å². The second-order valence-corrected chi connectivity index (χ2v) is 4.78. The molecule has 1 fully saturated rings. The number of carbonyl (C=O) groups excluding carboxylic acids is 1. The van der Waals surface area contributed by atoms with Gasteiger partial charge in [0.15, 0.2) is 0 Å². The van der Waals surface area contributed by atoms with E-state index in [9.17, 15) is 4.79 Å². The molecule has 16 heavy (non-hydrogen) atoms. The van der Waals surface area contributed by atoms with Crippen molar-refractivity contribution in [3.63, 3.8) is 0 Å². The summed E-state index contributed by atoms with van der Waals surface area (Å²) in [5.41, 5.74) is 0. The van der Waals surface area contributed by atoms with Crippen LogP contribution in [0.5, 0.6) is 0 Å². The molecule has 0 bridgehead atoms. The Morgan fingerprint density at radius 2 is 2.25 bits per heavy atom. The van der Waals surface area contributed by atoms with Crippen LogP contribution in [0.15, 0.2) is 0 Å². The molecule has 0 saturated carbocycles. The summed E-state index contributed by atoms with van der Waals surface area (Å²) >= 11 is 0. The topological polar surface area (TPSA) is 44.4 Å². The summed E-state index contributed by atoms with van der Waals surface area (Å²) in [7, 11) is 3.88. The Morgan fingerprint density at radius 3 is 2.88 bits per heavy atom. The summed E-state index contributed by atoms with van der Waals surface area (Å²) in [5, 5.41) is 6.19. The third kappa shape index (κ3) is 4.49. The maximum atomic E-state index is 11.0. The minimum absolute atomic E-state index is 0.138. The summed E-state index contributed by atoms with van der Waals surface area (Å²) in [5.74, 6) is 0.138. The van der Waals surface area contributed by atoms with Crippen molar-refractivity contribution in [2.45, 2.75) is 44.7 Å². The monoisotopic (exact) mass is 227 g/mol. The lowest BCUT2D eigenvalue weighted by atomic mass is 9.99. The van der Waals surface area contributed by atoms with Crippen molar-refractivity contribution in [1.82, 2.24) is 15.5 Å². The van der Waals surface area contributed by atoms with E-state index in [0.717, 1.165) is 13.0 Å². The van der Waals surface area contributed by atoms with Crippen LogP contribution in [0.2, 0.25) is 0 Å². The molecule has 1 aliphatic heterocycles. The van der Waals surface area contributed by atoms with E-state index in [-0.39, 0.29) is 5.91 Å². The quantitative estimate of drug-likeness (QED) is 0.676. The maximum Gasteiger partial charge on any atom is 0.219 e. The molecule has 0 aromatic rings. The van der Waals surface area contributed by atoms with Crippen LogP contribution in [-0.2, 0) is 4.79 Å². The van der Waals surface area contributed by atoms with Crippen LogP contribution in [0.25, 0.3) is 0 Å². The fraction of sp³-hybridized carbons (Fsp3) is 0.917. The molecule has 0 spiro atoms. The van der Waals surface area contributed by atoms with Crippen molar-refractivity contribution in [3.8, 4) is 0 Å². The van der Waals surface area contributed by atoms with Gasteiger partial charge in [-0.2, -0.15) is 0 Å². The van der Waals surface area contributed by atoms with E-state index >= 15 is 0 Å². The van der Waals surface area contributed by atoms with Crippen molar-refractivity contribution < 1.29 is 4.79 Å². The zero-order valence-electron chi connectivity index (χ0n) is 10.8. The van der Waals surface area contributed by atoms with Gasteiger partial charge >= 0.3 is 0 Å². The van der Waals surface area contributed by atoms with Crippen LogP contribution in [0, 0.1) is 0 Å². The van der Waals surface area contributed by atoms with Gasteiger partial charge in [0.1, 0.15) is 0 Å². The first-order chi connectivity index (χ1) is 7.63. The van der Waals surface area contributed by atoms with Crippen LogP contribution in [-0.4, -0.2) is 50.1 Å². The lowest BCUT2D eigenvalue weighted by molar-refractivity contribution is -0.120. The van der Waals surface area contributed by atoms with Gasteiger partial charge in [-0.25, -0.2) is 0 Å². The Balaban J connectivity index is 2.07. The number of hydrogen-bond acceptors (Lipinski definition) is 3. The number of hydrogen-bond donors (Lipinski definition) is 2. The van der Waals surface area contributed by atoms with E-state index in [4.69, 9.17) is 0 Å². The molecule has 4 nitrogen and oxygen atoms in total. The summed E-state index contributed by atoms with van der Waals surface area (Å²) in [6.45, 7) is 4.40. The molecule has 2 N–H and O–H groups in total. The SMILES string of the molecule is CNC(=O)CCCNC1CCN(C)C(C)C1. The number of nitrogens with one attached hydrogen (secondary N) is 2. The first-order valence-electron chi connectivity index (χ1n) is 6.27. The molecule has 94 valence electrons. The maximum absolute atomic E-state index is 11.0. The normalized spacial score (nSPS) is 26.7. The molecular formula is C12H25N3O. The Hall–Kier alpha value is -0.610. The Morgan fingerprint density at radius 1 is 1.50 bits per heavy atom. The molecule has 1 rings (SSSR count). The molecule has 0 aromatic carbocycles. The molecule has 0 aliphatic carbocycles. The molecule has 0 aromatic heterocycles. The highest BCUT2D eigenvalue weighted by atomic mass is 16.1. The van der Waals surface area contributed by atoms with Gasteiger partial charge in [-0.1, -0.05) is 0 Å². The van der Waals surface area contributed by atoms with Crippen LogP contribution in [0.3, 0.4) is 0 Å². The van der Waals surface area contributed by atoms with E-state index in [1.807, 2.05) is 0 Å². The third-order valence-corrected chi connectivity index (χ3v) is 3.50. The van der Waals surface area contributed by atoms with E-state index in [1.54, 1.807) is 7.05 Å². The fourth-order valence-corrected chi connectivity index (χ4v) is 2.15. The second kappa shape index (κ2) is 6.86. The number of nitrogens with zero attached hydrogens (tertiary/aromatic N) is 1. The van der Waals surface area contributed by atoms with Gasteiger partial charge in [0, 0.05) is 25.6 Å². The number of carbonyl (C=O) groups is 1. The van der Waals surface area contributed by atoms with Crippen LogP contribution >= 0.6 is 0 Å². The first kappa shape index (κ1) is 13.5. The van der Waals surface area contributed by atoms with Crippen LogP contribution in [0.4, 0.5) is 0 Å². The molecular weight excluding hydrogens is 202 g/mol. The molecule has 0 radical (unpaired) electrons. The summed E-state index contributed by atoms with van der Waals surface area (Å²) in [6, 6.07) is 1.31. The Labute approximate surface area is 98.8 Å². The molecule has 2 atom stereocenters. The van der Waals surface area contributed by atoms with E-state index in [1.165, 1.54) is 19.4 Å². The Kier molecular flexibility index (Phi) is 5.77. The van der Waals surface area contributed by atoms with Crippen molar-refractivity contribution in [2.75, 3.05) is 27.2 Å². The molecule has 1 saturated heterocycles. The van der Waals surface area contributed by atoms with Crippen molar-refractivity contribution >= 4 is 5.91 Å². The van der Waals surface area contributed by atoms with Crippen molar-refractivity contribution in [3.05, 3.63) is 0 Å². The minimum atomic E-state index is 0.138. The van der Waals surface area contributed by atoms with Gasteiger partial charge in [0.05, 0.1) is 0 Å². The summed E-state index contributed by atoms with van der Waals surface area (Å²) in [4.78, 5) is 13.4. The molecule has 1 aliphatic rings. The van der Waals surface area contributed by atoms with Gasteiger partial charge < -0.3 is 15.5 Å². The number of piperidine rings is 1. The molecule has 2 unspecified atom stereocenters. The lowest BCUT2D eigenvalue weighted by Crippen LogP contribution is -2.45. The van der Waals surface area contributed by atoms with Gasteiger partial charge in [-0.05, 0) is 46.3 Å². The molecule has 4 heteroatoms. The number of amides is 1. The van der Waals surface area contributed by atoms with Crippen molar-refractivity contribution in [1.29, 1.82) is 0 Å². The highest BCUT2D eigenvalue weighted by Crippen LogP contribution is 2.15. The third-order valence-electron chi connectivity index (χ3n) is 3.50. The lowest BCUT2D eigenvalue weighted by Gasteiger charge is -2.35. The van der Waals surface area contributed by atoms with Crippen LogP contribution in [0.1, 0.15) is 32.6 Å². The second-order valence-electron chi connectivity index (χ2n) is 4.78. The average molecular weight is 227 g/mol. The van der Waals surface area contributed by atoms with Gasteiger partial charge in [0.2, 0.25) is 5.91 Å². The van der Waals surface area contributed by atoms with Crippen LogP contribution < -0.4 is 10.6 Å². The Bertz CT molecular complexity index is 220. The highest BCUT2D eigenvalue weighted by molar-refractivity contribution is 5.75. The average Bonchev–Trinajstić information content (AvgIpc) is 2.28. The van der Waals surface area contributed by atoms with E-state index in [0.29, 0.717) is 18.5 Å². The number of rotatable bonds is 5. The zero-order valence-corrected chi connectivity index (χ0v) is 10.8. The molecule has 1 amide bonds. The smallest absolute Gasteiger partial charge is 0.219 e. The standard InChI is InChI=1S/C12H25N3O/c1-10-9-11(6-8-15(10)3)14-7-4-5-12(16)13-2/h10-11,14H,4-9H2,1-3H3,(H,13,16). The van der Waals surface area contributed by atoms with Crippen molar-refractivity contribution in [2.24, 2.45) is 0 Å².